The molecule has 0 atom stereocenters. The summed E-state index contributed by atoms with van der Waals surface area (Å²) in [6.07, 6.45) is 1.77. The van der Waals surface area contributed by atoms with Crippen LogP contribution in [0.15, 0.2) is 29.4 Å². The first-order chi connectivity index (χ1) is 7.66. The number of carbonyl (C=O) groups excluding carboxylic acids is 1. The Bertz CT molecular complexity index is 468. The maximum absolute atomic E-state index is 11.4. The quantitative estimate of drug-likeness (QED) is 0.823. The van der Waals surface area contributed by atoms with Gasteiger partial charge in [0.1, 0.15) is 0 Å². The standard InChI is InChI=1S/C11H10N2O3/c14-10-4-5-12-13(10)9-3-1-2-8(6-9)7-11(15)16/h1-3,5-6H,4,7H2,(H,15,16). The number of carboxylic acid groups (broad SMARTS) is 1. The number of carbonyl (C=O) groups is 2. The van der Waals surface area contributed by atoms with Gasteiger partial charge in [0.05, 0.1) is 18.5 Å². The number of amides is 1. The van der Waals surface area contributed by atoms with Gasteiger partial charge < -0.3 is 5.11 Å². The van der Waals surface area contributed by atoms with Crippen molar-refractivity contribution in [3.63, 3.8) is 0 Å². The summed E-state index contributed by atoms with van der Waals surface area (Å²) in [6, 6.07) is 6.82. The lowest BCUT2D eigenvalue weighted by Gasteiger charge is -2.12. The summed E-state index contributed by atoms with van der Waals surface area (Å²) in [7, 11) is 0. The monoisotopic (exact) mass is 218 g/mol. The lowest BCUT2D eigenvalue weighted by atomic mass is 10.1. The van der Waals surface area contributed by atoms with Gasteiger partial charge >= 0.3 is 5.97 Å². The van der Waals surface area contributed by atoms with E-state index < -0.39 is 5.97 Å². The largest absolute Gasteiger partial charge is 0.481 e. The van der Waals surface area contributed by atoms with Gasteiger partial charge in [0.15, 0.2) is 0 Å². The van der Waals surface area contributed by atoms with Gasteiger partial charge in [0.25, 0.3) is 5.91 Å². The van der Waals surface area contributed by atoms with Crippen LogP contribution in [0.25, 0.3) is 0 Å². The summed E-state index contributed by atoms with van der Waals surface area (Å²) in [5.41, 5.74) is 1.26. The molecular formula is C11H10N2O3. The van der Waals surface area contributed by atoms with Crippen LogP contribution in [0.3, 0.4) is 0 Å². The average molecular weight is 218 g/mol. The predicted molar refractivity (Wildman–Crippen MR) is 58.4 cm³/mol. The zero-order valence-electron chi connectivity index (χ0n) is 8.46. The zero-order valence-corrected chi connectivity index (χ0v) is 8.46. The van der Waals surface area contributed by atoms with Crippen LogP contribution in [0, 0.1) is 0 Å². The zero-order chi connectivity index (χ0) is 11.5. The molecule has 5 heteroatoms. The number of rotatable bonds is 3. The minimum atomic E-state index is -0.895. The molecule has 1 aromatic carbocycles. The Morgan fingerprint density at radius 3 is 2.94 bits per heavy atom. The van der Waals surface area contributed by atoms with E-state index in [0.717, 1.165) is 0 Å². The van der Waals surface area contributed by atoms with Crippen LogP contribution in [-0.2, 0) is 16.0 Å². The van der Waals surface area contributed by atoms with Crippen LogP contribution in [0.4, 0.5) is 5.69 Å². The fourth-order valence-electron chi connectivity index (χ4n) is 1.53. The third-order valence-corrected chi connectivity index (χ3v) is 2.21. The molecule has 0 saturated carbocycles. The summed E-state index contributed by atoms with van der Waals surface area (Å²) in [6.45, 7) is 0. The molecule has 0 fully saturated rings. The molecule has 0 radical (unpaired) electrons. The van der Waals surface area contributed by atoms with Gasteiger partial charge in [-0.05, 0) is 17.7 Å². The molecule has 1 aliphatic rings. The number of nitrogens with zero attached hydrogens (tertiary/aromatic N) is 2. The van der Waals surface area contributed by atoms with E-state index in [1.807, 2.05) is 0 Å². The normalized spacial score (nSPS) is 14.5. The van der Waals surface area contributed by atoms with Gasteiger partial charge in [0.2, 0.25) is 0 Å². The second-order valence-corrected chi connectivity index (χ2v) is 3.45. The van der Waals surface area contributed by atoms with E-state index in [-0.39, 0.29) is 12.3 Å². The van der Waals surface area contributed by atoms with Gasteiger partial charge in [-0.25, -0.2) is 5.01 Å². The van der Waals surface area contributed by atoms with E-state index in [1.165, 1.54) is 11.2 Å². The van der Waals surface area contributed by atoms with Crippen molar-refractivity contribution in [3.05, 3.63) is 29.8 Å². The second-order valence-electron chi connectivity index (χ2n) is 3.45. The van der Waals surface area contributed by atoms with Crippen molar-refractivity contribution >= 4 is 23.8 Å². The molecule has 1 amide bonds. The van der Waals surface area contributed by atoms with E-state index in [9.17, 15) is 9.59 Å². The second kappa shape index (κ2) is 4.14. The molecule has 1 heterocycles. The third kappa shape index (κ3) is 2.08. The summed E-state index contributed by atoms with van der Waals surface area (Å²) in [5, 5.41) is 13.9. The highest BCUT2D eigenvalue weighted by Gasteiger charge is 2.18. The van der Waals surface area contributed by atoms with Crippen molar-refractivity contribution < 1.29 is 14.7 Å². The topological polar surface area (TPSA) is 70.0 Å². The number of benzene rings is 1. The Kier molecular flexibility index (Phi) is 2.68. The van der Waals surface area contributed by atoms with Crippen LogP contribution >= 0.6 is 0 Å². The van der Waals surface area contributed by atoms with Gasteiger partial charge in [-0.3, -0.25) is 9.59 Å². The molecule has 0 spiro atoms. The molecule has 0 bridgehead atoms. The van der Waals surface area contributed by atoms with Crippen LogP contribution in [-0.4, -0.2) is 23.2 Å². The molecule has 1 N–H and O–H groups in total. The van der Waals surface area contributed by atoms with Gasteiger partial charge in [0, 0.05) is 6.21 Å². The highest BCUT2D eigenvalue weighted by molar-refractivity contribution is 6.05. The lowest BCUT2D eigenvalue weighted by Crippen LogP contribution is -2.19. The first kappa shape index (κ1) is 10.4. The van der Waals surface area contributed by atoms with E-state index in [1.54, 1.807) is 24.3 Å². The molecule has 5 nitrogen and oxygen atoms in total. The van der Waals surface area contributed by atoms with E-state index in [2.05, 4.69) is 5.10 Å². The van der Waals surface area contributed by atoms with E-state index >= 15 is 0 Å². The molecule has 0 unspecified atom stereocenters. The molecule has 0 aromatic heterocycles. The van der Waals surface area contributed by atoms with E-state index in [4.69, 9.17) is 5.11 Å². The number of anilines is 1. The highest BCUT2D eigenvalue weighted by Crippen LogP contribution is 2.20. The van der Waals surface area contributed by atoms with Crippen molar-refractivity contribution in [1.29, 1.82) is 0 Å². The summed E-state index contributed by atoms with van der Waals surface area (Å²) in [5.74, 6) is -0.999. The third-order valence-electron chi connectivity index (χ3n) is 2.21. The molecule has 2 rings (SSSR count). The van der Waals surface area contributed by atoms with Crippen LogP contribution in [0.5, 0.6) is 0 Å². The SMILES string of the molecule is O=C(O)Cc1cccc(N2N=CCC2=O)c1. The van der Waals surface area contributed by atoms with Crippen molar-refractivity contribution in [2.45, 2.75) is 12.8 Å². The molecule has 0 aliphatic carbocycles. The number of aliphatic carboxylic acids is 1. The molecule has 1 aliphatic heterocycles. The van der Waals surface area contributed by atoms with Gasteiger partial charge in [-0.2, -0.15) is 5.10 Å². The van der Waals surface area contributed by atoms with Crippen molar-refractivity contribution in [2.24, 2.45) is 5.10 Å². The maximum Gasteiger partial charge on any atom is 0.307 e. The number of hydrogen-bond acceptors (Lipinski definition) is 3. The summed E-state index contributed by atoms with van der Waals surface area (Å²) < 4.78 is 0. The first-order valence-corrected chi connectivity index (χ1v) is 4.83. The van der Waals surface area contributed by atoms with Crippen LogP contribution in [0.1, 0.15) is 12.0 Å². The Labute approximate surface area is 92.0 Å². The minimum absolute atomic E-state index is 0.0560. The number of carboxylic acids is 1. The van der Waals surface area contributed by atoms with Crippen molar-refractivity contribution in [3.8, 4) is 0 Å². The highest BCUT2D eigenvalue weighted by atomic mass is 16.4. The van der Waals surface area contributed by atoms with E-state index in [0.29, 0.717) is 17.7 Å². The molecule has 1 aromatic rings. The van der Waals surface area contributed by atoms with Gasteiger partial charge in [-0.15, -0.1) is 0 Å². The van der Waals surface area contributed by atoms with Crippen molar-refractivity contribution in [2.75, 3.05) is 5.01 Å². The average Bonchev–Trinajstić information content (AvgIpc) is 2.64. The Balaban J connectivity index is 2.25. The van der Waals surface area contributed by atoms with Crippen LogP contribution < -0.4 is 5.01 Å². The maximum atomic E-state index is 11.4. The van der Waals surface area contributed by atoms with Crippen LogP contribution in [0.2, 0.25) is 0 Å². The smallest absolute Gasteiger partial charge is 0.307 e. The Morgan fingerprint density at radius 1 is 1.50 bits per heavy atom. The molecular weight excluding hydrogens is 208 g/mol. The van der Waals surface area contributed by atoms with Crippen molar-refractivity contribution in [1.82, 2.24) is 0 Å². The molecule has 0 saturated heterocycles. The van der Waals surface area contributed by atoms with Gasteiger partial charge in [-0.1, -0.05) is 12.1 Å². The number of hydrogen-bond donors (Lipinski definition) is 1. The fourth-order valence-corrected chi connectivity index (χ4v) is 1.53. The predicted octanol–water partition coefficient (Wildman–Crippen LogP) is 1.04. The minimum Gasteiger partial charge on any atom is -0.481 e. The lowest BCUT2D eigenvalue weighted by molar-refractivity contribution is -0.136. The molecule has 16 heavy (non-hydrogen) atoms. The Morgan fingerprint density at radius 2 is 2.31 bits per heavy atom. The Hall–Kier alpha value is -2.17. The fraction of sp³-hybridized carbons (Fsp3) is 0.182. The molecule has 82 valence electrons. The summed E-state index contributed by atoms with van der Waals surface area (Å²) >= 11 is 0. The first-order valence-electron chi connectivity index (χ1n) is 4.83. The summed E-state index contributed by atoms with van der Waals surface area (Å²) in [4.78, 5) is 21.9. The number of hydrazone groups is 1.